The summed E-state index contributed by atoms with van der Waals surface area (Å²) in [5, 5.41) is 12.4. The van der Waals surface area contributed by atoms with Crippen LogP contribution in [0, 0.1) is 0 Å². The lowest BCUT2D eigenvalue weighted by Gasteiger charge is -2.28. The molecule has 2 atom stereocenters. The highest BCUT2D eigenvalue weighted by Crippen LogP contribution is 2.43. The Morgan fingerprint density at radius 3 is 2.59 bits per heavy atom. The van der Waals surface area contributed by atoms with Crippen molar-refractivity contribution in [3.05, 3.63) is 87.7 Å². The van der Waals surface area contributed by atoms with Crippen molar-refractivity contribution in [2.45, 2.75) is 43.4 Å². The van der Waals surface area contributed by atoms with Crippen LogP contribution in [0.4, 0.5) is 0 Å². The number of nitrogens with one attached hydrogen (secondary N) is 2. The number of hydrogen-bond acceptors (Lipinski definition) is 6. The SMILES string of the molecule is C[C@H]1[C@H](NC(=O)c2cc3ccc(C4CCC4)c(-c4cn(-c5ccccc5)nn4)c3[nH]c2=O)C=CS1(=O)=O. The summed E-state index contributed by atoms with van der Waals surface area (Å²) in [6.45, 7) is 1.53. The van der Waals surface area contributed by atoms with Crippen LogP contribution in [-0.2, 0) is 9.84 Å². The van der Waals surface area contributed by atoms with Gasteiger partial charge in [-0.2, -0.15) is 0 Å². The number of sulfone groups is 1. The van der Waals surface area contributed by atoms with Crippen LogP contribution in [-0.4, -0.2) is 45.6 Å². The van der Waals surface area contributed by atoms with Crippen molar-refractivity contribution in [3.8, 4) is 16.9 Å². The number of amides is 1. The summed E-state index contributed by atoms with van der Waals surface area (Å²) in [4.78, 5) is 29.0. The van der Waals surface area contributed by atoms with Gasteiger partial charge in [0.25, 0.3) is 11.5 Å². The van der Waals surface area contributed by atoms with Crippen LogP contribution in [0.5, 0.6) is 0 Å². The zero-order chi connectivity index (χ0) is 25.7. The zero-order valence-corrected chi connectivity index (χ0v) is 20.9. The molecule has 6 rings (SSSR count). The molecule has 10 heteroatoms. The van der Waals surface area contributed by atoms with E-state index < -0.39 is 32.6 Å². The van der Waals surface area contributed by atoms with E-state index in [0.717, 1.165) is 41.5 Å². The van der Waals surface area contributed by atoms with Crippen LogP contribution in [0.25, 0.3) is 27.8 Å². The molecule has 1 aliphatic carbocycles. The zero-order valence-electron chi connectivity index (χ0n) is 20.1. The maximum Gasteiger partial charge on any atom is 0.261 e. The van der Waals surface area contributed by atoms with Crippen LogP contribution in [0.15, 0.2) is 71.0 Å². The van der Waals surface area contributed by atoms with Gasteiger partial charge in [-0.25, -0.2) is 13.1 Å². The van der Waals surface area contributed by atoms with Gasteiger partial charge in [0.15, 0.2) is 9.84 Å². The summed E-state index contributed by atoms with van der Waals surface area (Å²) in [5.41, 5.74) is 3.39. The van der Waals surface area contributed by atoms with E-state index in [2.05, 4.69) is 20.6 Å². The number of aromatic nitrogens is 4. The molecule has 0 unspecified atom stereocenters. The molecule has 0 radical (unpaired) electrons. The first-order valence-corrected chi connectivity index (χ1v) is 13.8. The lowest BCUT2D eigenvalue weighted by molar-refractivity contribution is 0.0943. The van der Waals surface area contributed by atoms with Crippen LogP contribution in [0.2, 0.25) is 0 Å². The van der Waals surface area contributed by atoms with Crippen LogP contribution >= 0.6 is 0 Å². The Labute approximate surface area is 213 Å². The number of fused-ring (bicyclic) bond motifs is 1. The van der Waals surface area contributed by atoms with E-state index in [1.807, 2.05) is 48.7 Å². The number of nitrogens with zero attached hydrogens (tertiary/aromatic N) is 3. The average Bonchev–Trinajstić information content (AvgIpc) is 3.43. The lowest BCUT2D eigenvalue weighted by Crippen LogP contribution is -2.42. The molecule has 37 heavy (non-hydrogen) atoms. The number of para-hydroxylation sites is 1. The van der Waals surface area contributed by atoms with Crippen molar-refractivity contribution in [2.75, 3.05) is 0 Å². The van der Waals surface area contributed by atoms with Crippen molar-refractivity contribution >= 4 is 26.6 Å². The normalized spacial score (nSPS) is 20.7. The summed E-state index contributed by atoms with van der Waals surface area (Å²) in [6.07, 6.45) is 6.56. The van der Waals surface area contributed by atoms with Crippen molar-refractivity contribution in [3.63, 3.8) is 0 Å². The van der Waals surface area contributed by atoms with Gasteiger partial charge in [0.2, 0.25) is 0 Å². The largest absolute Gasteiger partial charge is 0.344 e. The standard InChI is InChI=1S/C27H25N5O4S/c1-16-22(12-13-37(16,35)36)28-26(33)21-14-18-10-11-20(17-6-5-7-17)24(25(18)29-27(21)34)23-15-32(31-30-23)19-8-3-2-4-9-19/h2-4,8-17,22H,5-7H2,1H3,(H,28,33)(H,29,34)/t16-,22+/m0/s1. The third-order valence-corrected chi connectivity index (χ3v) is 9.28. The second kappa shape index (κ2) is 8.81. The van der Waals surface area contributed by atoms with Crippen LogP contribution < -0.4 is 10.9 Å². The Morgan fingerprint density at radius 2 is 1.92 bits per heavy atom. The third kappa shape index (κ3) is 4.07. The first kappa shape index (κ1) is 23.4. The molecule has 2 N–H and O–H groups in total. The molecule has 9 nitrogen and oxygen atoms in total. The second-order valence-corrected chi connectivity index (χ2v) is 11.8. The Bertz CT molecular complexity index is 1720. The monoisotopic (exact) mass is 515 g/mol. The van der Waals surface area contributed by atoms with Crippen molar-refractivity contribution in [1.29, 1.82) is 0 Å². The van der Waals surface area contributed by atoms with E-state index in [1.54, 1.807) is 10.7 Å². The van der Waals surface area contributed by atoms with Gasteiger partial charge in [-0.15, -0.1) is 5.10 Å². The highest BCUT2D eigenvalue weighted by Gasteiger charge is 2.33. The van der Waals surface area contributed by atoms with E-state index in [0.29, 0.717) is 22.5 Å². The quantitative estimate of drug-likeness (QED) is 0.419. The smallest absolute Gasteiger partial charge is 0.261 e. The van der Waals surface area contributed by atoms with E-state index >= 15 is 0 Å². The Hall–Kier alpha value is -4.05. The highest BCUT2D eigenvalue weighted by molar-refractivity contribution is 7.95. The van der Waals surface area contributed by atoms with E-state index in [9.17, 15) is 18.0 Å². The number of H-pyrrole nitrogens is 1. The number of rotatable bonds is 5. The maximum absolute atomic E-state index is 13.1. The predicted molar refractivity (Wildman–Crippen MR) is 140 cm³/mol. The van der Waals surface area contributed by atoms with Gasteiger partial charge in [-0.05, 0) is 60.9 Å². The Kier molecular flexibility index (Phi) is 5.56. The fourth-order valence-corrected chi connectivity index (χ4v) is 6.16. The minimum absolute atomic E-state index is 0.0762. The maximum atomic E-state index is 13.1. The molecule has 0 bridgehead atoms. The van der Waals surface area contributed by atoms with E-state index in [1.165, 1.54) is 13.0 Å². The molecule has 3 heterocycles. The highest BCUT2D eigenvalue weighted by atomic mass is 32.2. The number of hydrogen-bond donors (Lipinski definition) is 2. The molecule has 4 aromatic rings. The molecule has 1 aliphatic heterocycles. The summed E-state index contributed by atoms with van der Waals surface area (Å²) in [5.74, 6) is -0.258. The first-order valence-electron chi connectivity index (χ1n) is 12.2. The Morgan fingerprint density at radius 1 is 1.14 bits per heavy atom. The third-order valence-electron chi connectivity index (χ3n) is 7.41. The molecule has 0 saturated heterocycles. The molecular formula is C27H25N5O4S. The summed E-state index contributed by atoms with van der Waals surface area (Å²) >= 11 is 0. The fraction of sp³-hybridized carbons (Fsp3) is 0.259. The number of carbonyl (C=O) groups excluding carboxylic acids is 1. The molecule has 2 aromatic carbocycles. The number of aromatic amines is 1. The van der Waals surface area contributed by atoms with Gasteiger partial charge in [0, 0.05) is 11.0 Å². The molecular weight excluding hydrogens is 490 g/mol. The molecule has 2 aromatic heterocycles. The van der Waals surface area contributed by atoms with E-state index in [4.69, 9.17) is 0 Å². The van der Waals surface area contributed by atoms with Crippen molar-refractivity contribution < 1.29 is 13.2 Å². The van der Waals surface area contributed by atoms with Crippen LogP contribution in [0.1, 0.15) is 48.0 Å². The van der Waals surface area contributed by atoms with Gasteiger partial charge in [-0.3, -0.25) is 9.59 Å². The minimum atomic E-state index is -3.41. The summed E-state index contributed by atoms with van der Waals surface area (Å²) in [7, 11) is -3.41. The number of pyridine rings is 1. The minimum Gasteiger partial charge on any atom is -0.344 e. The molecule has 2 aliphatic rings. The van der Waals surface area contributed by atoms with Crippen molar-refractivity contribution in [1.82, 2.24) is 25.3 Å². The molecule has 1 saturated carbocycles. The van der Waals surface area contributed by atoms with Crippen molar-refractivity contribution in [2.24, 2.45) is 0 Å². The molecule has 1 fully saturated rings. The summed E-state index contributed by atoms with van der Waals surface area (Å²) < 4.78 is 25.7. The first-order chi connectivity index (χ1) is 17.8. The predicted octanol–water partition coefficient (Wildman–Crippen LogP) is 3.47. The van der Waals surface area contributed by atoms with Gasteiger partial charge in [0.05, 0.1) is 28.7 Å². The lowest BCUT2D eigenvalue weighted by atomic mass is 9.77. The van der Waals surface area contributed by atoms with Gasteiger partial charge in [0.1, 0.15) is 11.3 Å². The van der Waals surface area contributed by atoms with Gasteiger partial charge >= 0.3 is 0 Å². The Balaban J connectivity index is 1.42. The second-order valence-electron chi connectivity index (χ2n) is 9.64. The van der Waals surface area contributed by atoms with Crippen LogP contribution in [0.3, 0.4) is 0 Å². The van der Waals surface area contributed by atoms with E-state index in [-0.39, 0.29) is 5.56 Å². The fourth-order valence-electron chi connectivity index (χ4n) is 4.95. The molecule has 0 spiro atoms. The van der Waals surface area contributed by atoms with Gasteiger partial charge in [-0.1, -0.05) is 42.0 Å². The molecule has 188 valence electrons. The number of carbonyl (C=O) groups is 1. The number of benzene rings is 2. The summed E-state index contributed by atoms with van der Waals surface area (Å²) in [6, 6.07) is 14.5. The molecule has 1 amide bonds. The van der Waals surface area contributed by atoms with Gasteiger partial charge < -0.3 is 10.3 Å². The average molecular weight is 516 g/mol. The topological polar surface area (TPSA) is 127 Å².